The minimum Gasteiger partial charge on any atom is -0.356 e. The second-order valence-electron chi connectivity index (χ2n) is 6.63. The van der Waals surface area contributed by atoms with E-state index in [0.29, 0.717) is 12.1 Å². The zero-order valence-corrected chi connectivity index (χ0v) is 15.9. The molecule has 0 radical (unpaired) electrons. The molecule has 1 aromatic heterocycles. The number of aliphatic imine (C=N–C) groups is 1. The van der Waals surface area contributed by atoms with Gasteiger partial charge in [0.1, 0.15) is 0 Å². The van der Waals surface area contributed by atoms with E-state index in [2.05, 4.69) is 60.0 Å². The van der Waals surface area contributed by atoms with Crippen molar-refractivity contribution >= 4 is 5.96 Å². The fraction of sp³-hybridized carbons (Fsp3) is 0.765. The van der Waals surface area contributed by atoms with E-state index in [0.717, 1.165) is 32.0 Å². The number of rotatable bonds is 8. The fourth-order valence-corrected chi connectivity index (χ4v) is 2.86. The van der Waals surface area contributed by atoms with Crippen molar-refractivity contribution in [2.24, 2.45) is 12.0 Å². The molecular weight excluding hydrogens is 288 g/mol. The molecule has 0 unspecified atom stereocenters. The van der Waals surface area contributed by atoms with Gasteiger partial charge in [0, 0.05) is 64.6 Å². The maximum Gasteiger partial charge on any atom is 0.193 e. The average Bonchev–Trinajstić information content (AvgIpc) is 2.86. The summed E-state index contributed by atoms with van der Waals surface area (Å²) in [6, 6.07) is 1.17. The summed E-state index contributed by atoms with van der Waals surface area (Å²) in [6.07, 6.45) is 5.04. The van der Waals surface area contributed by atoms with E-state index in [9.17, 15) is 0 Å². The number of hydrogen-bond donors (Lipinski definition) is 1. The van der Waals surface area contributed by atoms with E-state index < -0.39 is 0 Å². The van der Waals surface area contributed by atoms with Gasteiger partial charge in [0.2, 0.25) is 0 Å². The first-order valence-electron chi connectivity index (χ1n) is 8.50. The minimum absolute atomic E-state index is 0.586. The molecule has 1 aromatic rings. The van der Waals surface area contributed by atoms with Crippen LogP contribution in [-0.2, 0) is 13.6 Å². The number of aromatic nitrogens is 2. The van der Waals surface area contributed by atoms with Gasteiger partial charge in [0.15, 0.2) is 5.96 Å². The molecule has 0 aliphatic rings. The first-order valence-corrected chi connectivity index (χ1v) is 8.50. The number of hydrogen-bond acceptors (Lipinski definition) is 3. The summed E-state index contributed by atoms with van der Waals surface area (Å²) < 4.78 is 1.83. The molecule has 132 valence electrons. The molecular formula is C17H34N6. The van der Waals surface area contributed by atoms with Crippen LogP contribution in [0.15, 0.2) is 17.4 Å². The van der Waals surface area contributed by atoms with Crippen LogP contribution in [0.4, 0.5) is 0 Å². The quantitative estimate of drug-likeness (QED) is 0.451. The maximum absolute atomic E-state index is 4.37. The third kappa shape index (κ3) is 6.60. The highest BCUT2D eigenvalue weighted by Gasteiger charge is 2.13. The Bertz CT molecular complexity index is 469. The van der Waals surface area contributed by atoms with Crippen molar-refractivity contribution in [3.63, 3.8) is 0 Å². The van der Waals surface area contributed by atoms with Gasteiger partial charge in [-0.1, -0.05) is 0 Å². The van der Waals surface area contributed by atoms with Crippen LogP contribution in [0.3, 0.4) is 0 Å². The van der Waals surface area contributed by atoms with E-state index in [1.165, 1.54) is 5.56 Å². The molecule has 1 rings (SSSR count). The summed E-state index contributed by atoms with van der Waals surface area (Å²) in [5, 5.41) is 7.66. The Hall–Kier alpha value is -1.56. The van der Waals surface area contributed by atoms with Crippen molar-refractivity contribution in [3.8, 4) is 0 Å². The molecule has 0 fully saturated rings. The number of aryl methyl sites for hydroxylation is 1. The molecule has 6 nitrogen and oxygen atoms in total. The summed E-state index contributed by atoms with van der Waals surface area (Å²) in [4.78, 5) is 9.01. The van der Waals surface area contributed by atoms with E-state index >= 15 is 0 Å². The van der Waals surface area contributed by atoms with Gasteiger partial charge in [-0.15, -0.1) is 0 Å². The van der Waals surface area contributed by atoms with Crippen molar-refractivity contribution in [2.45, 2.75) is 52.7 Å². The Kier molecular flexibility index (Phi) is 8.09. The molecule has 0 aliphatic carbocycles. The van der Waals surface area contributed by atoms with E-state index in [1.54, 1.807) is 0 Å². The average molecular weight is 323 g/mol. The summed E-state index contributed by atoms with van der Waals surface area (Å²) in [5.74, 6) is 0.925. The zero-order chi connectivity index (χ0) is 17.4. The molecule has 0 bridgehead atoms. The maximum atomic E-state index is 4.37. The Balaban J connectivity index is 2.39. The lowest BCUT2D eigenvalue weighted by Gasteiger charge is -2.30. The third-order valence-electron chi connectivity index (χ3n) is 3.95. The SMILES string of the molecule is CN=C(NCCCN(C(C)C)C(C)C)N(C)Cc1cnn(C)c1. The molecule has 0 atom stereocenters. The fourth-order valence-electron chi connectivity index (χ4n) is 2.86. The van der Waals surface area contributed by atoms with Crippen molar-refractivity contribution in [3.05, 3.63) is 18.0 Å². The van der Waals surface area contributed by atoms with Gasteiger partial charge in [-0.25, -0.2) is 0 Å². The van der Waals surface area contributed by atoms with Crippen molar-refractivity contribution < 1.29 is 0 Å². The zero-order valence-electron chi connectivity index (χ0n) is 15.9. The van der Waals surface area contributed by atoms with Crippen LogP contribution in [0.25, 0.3) is 0 Å². The monoisotopic (exact) mass is 322 g/mol. The molecule has 0 aliphatic heterocycles. The predicted octanol–water partition coefficient (Wildman–Crippen LogP) is 1.94. The first kappa shape index (κ1) is 19.5. The normalized spacial score (nSPS) is 12.5. The van der Waals surface area contributed by atoms with Crippen LogP contribution < -0.4 is 5.32 Å². The van der Waals surface area contributed by atoms with Gasteiger partial charge < -0.3 is 10.2 Å². The minimum atomic E-state index is 0.586. The van der Waals surface area contributed by atoms with Crippen molar-refractivity contribution in [1.82, 2.24) is 24.9 Å². The second-order valence-corrected chi connectivity index (χ2v) is 6.63. The molecule has 0 saturated heterocycles. The topological polar surface area (TPSA) is 48.7 Å². The lowest BCUT2D eigenvalue weighted by molar-refractivity contribution is 0.173. The molecule has 0 amide bonds. The molecule has 1 N–H and O–H groups in total. The molecule has 0 aromatic carbocycles. The van der Waals surface area contributed by atoms with Crippen LogP contribution in [0.5, 0.6) is 0 Å². The Labute approximate surface area is 141 Å². The Morgan fingerprint density at radius 3 is 2.43 bits per heavy atom. The molecule has 1 heterocycles. The summed E-state index contributed by atoms with van der Waals surface area (Å²) in [6.45, 7) is 11.9. The number of guanidine groups is 1. The largest absolute Gasteiger partial charge is 0.356 e. The Morgan fingerprint density at radius 1 is 1.30 bits per heavy atom. The summed E-state index contributed by atoms with van der Waals surface area (Å²) in [5.41, 5.74) is 1.18. The number of nitrogens with zero attached hydrogens (tertiary/aromatic N) is 5. The van der Waals surface area contributed by atoms with Crippen molar-refractivity contribution in [1.29, 1.82) is 0 Å². The van der Waals surface area contributed by atoms with Crippen LogP contribution >= 0.6 is 0 Å². The lowest BCUT2D eigenvalue weighted by Crippen LogP contribution is -2.41. The van der Waals surface area contributed by atoms with Crippen LogP contribution in [0, 0.1) is 0 Å². The third-order valence-corrected chi connectivity index (χ3v) is 3.95. The van der Waals surface area contributed by atoms with Gasteiger partial charge in [0.25, 0.3) is 0 Å². The smallest absolute Gasteiger partial charge is 0.193 e. The van der Waals surface area contributed by atoms with E-state index in [-0.39, 0.29) is 0 Å². The van der Waals surface area contributed by atoms with Gasteiger partial charge >= 0.3 is 0 Å². The van der Waals surface area contributed by atoms with Crippen LogP contribution in [0.1, 0.15) is 39.7 Å². The molecule has 0 saturated carbocycles. The van der Waals surface area contributed by atoms with Gasteiger partial charge in [-0.05, 0) is 34.1 Å². The lowest BCUT2D eigenvalue weighted by atomic mass is 10.2. The van der Waals surface area contributed by atoms with Gasteiger partial charge in [-0.2, -0.15) is 5.10 Å². The van der Waals surface area contributed by atoms with Crippen LogP contribution in [0.2, 0.25) is 0 Å². The number of nitrogens with one attached hydrogen (secondary N) is 1. The highest BCUT2D eigenvalue weighted by molar-refractivity contribution is 5.79. The van der Waals surface area contributed by atoms with Gasteiger partial charge in [0.05, 0.1) is 6.20 Å². The summed E-state index contributed by atoms with van der Waals surface area (Å²) >= 11 is 0. The standard InChI is InChI=1S/C17H34N6/c1-14(2)23(15(3)4)10-8-9-19-17(18-5)21(6)12-16-11-20-22(7)13-16/h11,13-15H,8-10,12H2,1-7H3,(H,18,19). The van der Waals surface area contributed by atoms with Gasteiger partial charge in [-0.3, -0.25) is 14.6 Å². The summed E-state index contributed by atoms with van der Waals surface area (Å²) in [7, 11) is 5.82. The second kappa shape index (κ2) is 9.55. The Morgan fingerprint density at radius 2 is 1.96 bits per heavy atom. The first-order chi connectivity index (χ1) is 10.8. The van der Waals surface area contributed by atoms with E-state index in [1.807, 2.05) is 31.2 Å². The molecule has 6 heteroatoms. The highest BCUT2D eigenvalue weighted by Crippen LogP contribution is 2.05. The van der Waals surface area contributed by atoms with E-state index in [4.69, 9.17) is 0 Å². The van der Waals surface area contributed by atoms with Crippen LogP contribution in [-0.4, -0.2) is 64.8 Å². The van der Waals surface area contributed by atoms with Crippen molar-refractivity contribution in [2.75, 3.05) is 27.2 Å². The molecule has 23 heavy (non-hydrogen) atoms. The predicted molar refractivity (Wildman–Crippen MR) is 97.6 cm³/mol. The highest BCUT2D eigenvalue weighted by atomic mass is 15.3. The molecule has 0 spiro atoms.